The number of rotatable bonds is 7. The van der Waals surface area contributed by atoms with E-state index in [-0.39, 0.29) is 11.8 Å². The monoisotopic (exact) mass is 472 g/mol. The first-order valence-electron chi connectivity index (χ1n) is 10.3. The van der Waals surface area contributed by atoms with Crippen molar-refractivity contribution in [3.63, 3.8) is 0 Å². The van der Waals surface area contributed by atoms with Gasteiger partial charge in [-0.3, -0.25) is 9.59 Å². The van der Waals surface area contributed by atoms with Crippen molar-refractivity contribution in [2.75, 3.05) is 11.9 Å². The number of furan rings is 1. The third kappa shape index (κ3) is 5.33. The molecule has 0 radical (unpaired) electrons. The summed E-state index contributed by atoms with van der Waals surface area (Å²) in [5.41, 5.74) is 1.86. The van der Waals surface area contributed by atoms with Crippen LogP contribution in [0.25, 0.3) is 0 Å². The molecule has 1 atom stereocenters. The number of amides is 2. The molecule has 2 amide bonds. The quantitative estimate of drug-likeness (QED) is 0.489. The molecule has 2 aromatic carbocycles. The predicted octanol–water partition coefficient (Wildman–Crippen LogP) is 5.55. The molecule has 2 heterocycles. The van der Waals surface area contributed by atoms with Crippen molar-refractivity contribution in [2.24, 2.45) is 0 Å². The topological polar surface area (TPSA) is 71.8 Å². The lowest BCUT2D eigenvalue weighted by atomic mass is 10.1. The fourth-order valence-corrected chi connectivity index (χ4v) is 4.10. The summed E-state index contributed by atoms with van der Waals surface area (Å²) in [7, 11) is 0. The number of nitrogens with one attached hydrogen (secondary N) is 1. The van der Waals surface area contributed by atoms with Gasteiger partial charge in [0, 0.05) is 17.3 Å². The summed E-state index contributed by atoms with van der Waals surface area (Å²) in [4.78, 5) is 27.6. The van der Waals surface area contributed by atoms with Crippen LogP contribution in [0.15, 0.2) is 65.3 Å². The van der Waals surface area contributed by atoms with Gasteiger partial charge in [-0.1, -0.05) is 35.3 Å². The van der Waals surface area contributed by atoms with Crippen LogP contribution in [0.3, 0.4) is 0 Å². The SMILES string of the molecule is O=C(Nc1cccc(COCc2ccco2)c1)C1CCCN1C(=O)c1cc(Cl)ccc1Cl. The third-order valence-corrected chi connectivity index (χ3v) is 5.83. The highest BCUT2D eigenvalue weighted by atomic mass is 35.5. The summed E-state index contributed by atoms with van der Waals surface area (Å²) in [6, 6.07) is 15.3. The molecule has 1 N–H and O–H groups in total. The first kappa shape index (κ1) is 22.4. The highest BCUT2D eigenvalue weighted by molar-refractivity contribution is 6.35. The van der Waals surface area contributed by atoms with Crippen molar-refractivity contribution in [2.45, 2.75) is 32.1 Å². The summed E-state index contributed by atoms with van der Waals surface area (Å²) in [5.74, 6) is 0.220. The zero-order valence-corrected chi connectivity index (χ0v) is 18.7. The summed E-state index contributed by atoms with van der Waals surface area (Å²) in [6.07, 6.45) is 2.93. The second-order valence-electron chi connectivity index (χ2n) is 7.54. The summed E-state index contributed by atoms with van der Waals surface area (Å²) < 4.78 is 10.9. The molecule has 4 rings (SSSR count). The second kappa shape index (κ2) is 10.2. The lowest BCUT2D eigenvalue weighted by Crippen LogP contribution is -2.43. The van der Waals surface area contributed by atoms with Crippen molar-refractivity contribution in [1.29, 1.82) is 0 Å². The Hall–Kier alpha value is -2.80. The maximum absolute atomic E-state index is 13.0. The van der Waals surface area contributed by atoms with Gasteiger partial charge in [-0.25, -0.2) is 0 Å². The predicted molar refractivity (Wildman–Crippen MR) is 123 cm³/mol. The minimum absolute atomic E-state index is 0.234. The maximum Gasteiger partial charge on any atom is 0.256 e. The van der Waals surface area contributed by atoms with Crippen LogP contribution in [0.5, 0.6) is 0 Å². The van der Waals surface area contributed by atoms with Gasteiger partial charge in [0.1, 0.15) is 18.4 Å². The largest absolute Gasteiger partial charge is 0.467 e. The highest BCUT2D eigenvalue weighted by Gasteiger charge is 2.35. The molecule has 1 unspecified atom stereocenters. The van der Waals surface area contributed by atoms with Crippen LogP contribution >= 0.6 is 23.2 Å². The number of carbonyl (C=O) groups is 2. The van der Waals surface area contributed by atoms with E-state index in [0.29, 0.717) is 47.5 Å². The van der Waals surface area contributed by atoms with E-state index in [1.807, 2.05) is 36.4 Å². The first-order valence-corrected chi connectivity index (χ1v) is 11.0. The highest BCUT2D eigenvalue weighted by Crippen LogP contribution is 2.27. The van der Waals surface area contributed by atoms with Crippen molar-refractivity contribution >= 4 is 40.7 Å². The molecule has 32 heavy (non-hydrogen) atoms. The number of likely N-dealkylation sites (tertiary alicyclic amines) is 1. The molecular formula is C24H22Cl2N2O4. The van der Waals surface area contributed by atoms with E-state index >= 15 is 0 Å². The van der Waals surface area contributed by atoms with Gasteiger partial charge >= 0.3 is 0 Å². The molecule has 0 bridgehead atoms. The van der Waals surface area contributed by atoms with E-state index in [9.17, 15) is 9.59 Å². The van der Waals surface area contributed by atoms with Gasteiger partial charge < -0.3 is 19.4 Å². The molecule has 3 aromatic rings. The Morgan fingerprint density at radius 1 is 1.09 bits per heavy atom. The molecule has 1 saturated heterocycles. The van der Waals surface area contributed by atoms with E-state index in [1.165, 1.54) is 6.07 Å². The average Bonchev–Trinajstić information content (AvgIpc) is 3.47. The molecule has 0 aliphatic carbocycles. The minimum atomic E-state index is -0.573. The lowest BCUT2D eigenvalue weighted by molar-refractivity contribution is -0.119. The lowest BCUT2D eigenvalue weighted by Gasteiger charge is -2.24. The van der Waals surface area contributed by atoms with Crippen LogP contribution in [0.1, 0.15) is 34.5 Å². The normalized spacial score (nSPS) is 15.7. The Balaban J connectivity index is 1.39. The number of hydrogen-bond donors (Lipinski definition) is 1. The van der Waals surface area contributed by atoms with Crippen LogP contribution in [-0.2, 0) is 22.7 Å². The summed E-state index contributed by atoms with van der Waals surface area (Å²) in [6.45, 7) is 1.24. The number of nitrogens with zero attached hydrogens (tertiary/aromatic N) is 1. The molecule has 8 heteroatoms. The van der Waals surface area contributed by atoms with Gasteiger partial charge in [-0.2, -0.15) is 0 Å². The Bertz CT molecular complexity index is 1100. The van der Waals surface area contributed by atoms with Crippen molar-refractivity contribution < 1.29 is 18.7 Å². The van der Waals surface area contributed by atoms with Crippen LogP contribution in [0, 0.1) is 0 Å². The van der Waals surface area contributed by atoms with E-state index in [0.717, 1.165) is 17.7 Å². The van der Waals surface area contributed by atoms with Crippen LogP contribution in [-0.4, -0.2) is 29.3 Å². The number of hydrogen-bond acceptors (Lipinski definition) is 4. The van der Waals surface area contributed by atoms with E-state index < -0.39 is 6.04 Å². The van der Waals surface area contributed by atoms with E-state index in [1.54, 1.807) is 23.3 Å². The molecule has 1 aliphatic rings. The Morgan fingerprint density at radius 2 is 1.97 bits per heavy atom. The fraction of sp³-hybridized carbons (Fsp3) is 0.250. The third-order valence-electron chi connectivity index (χ3n) is 5.26. The summed E-state index contributed by atoms with van der Waals surface area (Å²) in [5, 5.41) is 3.66. The van der Waals surface area contributed by atoms with Gasteiger partial charge in [0.25, 0.3) is 5.91 Å². The average molecular weight is 473 g/mol. The Labute approximate surface area is 196 Å². The molecule has 1 fully saturated rings. The van der Waals surface area contributed by atoms with Gasteiger partial charge in [-0.15, -0.1) is 0 Å². The Kier molecular flexibility index (Phi) is 7.15. The Morgan fingerprint density at radius 3 is 2.78 bits per heavy atom. The first-order chi connectivity index (χ1) is 15.5. The molecule has 1 aromatic heterocycles. The van der Waals surface area contributed by atoms with Crippen molar-refractivity contribution in [3.05, 3.63) is 87.8 Å². The molecule has 6 nitrogen and oxygen atoms in total. The number of carbonyl (C=O) groups excluding carboxylic acids is 2. The van der Waals surface area contributed by atoms with Gasteiger partial charge in [0.15, 0.2) is 0 Å². The van der Waals surface area contributed by atoms with Crippen LogP contribution < -0.4 is 5.32 Å². The van der Waals surface area contributed by atoms with Gasteiger partial charge in [0.05, 0.1) is 23.5 Å². The zero-order valence-electron chi connectivity index (χ0n) is 17.2. The van der Waals surface area contributed by atoms with Crippen molar-refractivity contribution in [3.8, 4) is 0 Å². The number of ether oxygens (including phenoxy) is 1. The van der Waals surface area contributed by atoms with Gasteiger partial charge in [-0.05, 0) is 60.9 Å². The van der Waals surface area contributed by atoms with E-state index in [4.69, 9.17) is 32.4 Å². The zero-order chi connectivity index (χ0) is 22.5. The summed E-state index contributed by atoms with van der Waals surface area (Å²) >= 11 is 12.2. The molecule has 0 spiro atoms. The molecule has 0 saturated carbocycles. The minimum Gasteiger partial charge on any atom is -0.467 e. The molecular weight excluding hydrogens is 451 g/mol. The maximum atomic E-state index is 13.0. The van der Waals surface area contributed by atoms with E-state index in [2.05, 4.69) is 5.32 Å². The molecule has 166 valence electrons. The number of halogens is 2. The van der Waals surface area contributed by atoms with Gasteiger partial charge in [0.2, 0.25) is 5.91 Å². The second-order valence-corrected chi connectivity index (χ2v) is 8.39. The van der Waals surface area contributed by atoms with Crippen molar-refractivity contribution in [1.82, 2.24) is 4.90 Å². The molecule has 1 aliphatic heterocycles. The van der Waals surface area contributed by atoms with Crippen LogP contribution in [0.2, 0.25) is 10.0 Å². The fourth-order valence-electron chi connectivity index (χ4n) is 3.73. The standard InChI is InChI=1S/C24H22Cl2N2O4/c25-17-8-9-21(26)20(13-17)24(30)28-10-2-7-22(28)23(29)27-18-5-1-4-16(12-18)14-31-15-19-6-3-11-32-19/h1,3-6,8-9,11-13,22H,2,7,10,14-15H2,(H,27,29). The number of benzene rings is 2. The smallest absolute Gasteiger partial charge is 0.256 e. The number of anilines is 1. The van der Waals surface area contributed by atoms with Crippen LogP contribution in [0.4, 0.5) is 5.69 Å².